The van der Waals surface area contributed by atoms with E-state index in [2.05, 4.69) is 25.9 Å². The maximum Gasteiger partial charge on any atom is 0.407 e. The molecule has 8 heteroatoms. The monoisotopic (exact) mass is 374 g/mol. The Morgan fingerprint density at radius 1 is 1.19 bits per heavy atom. The molecule has 0 unspecified atom stereocenters. The summed E-state index contributed by atoms with van der Waals surface area (Å²) in [5.74, 6) is 0.732. The summed E-state index contributed by atoms with van der Waals surface area (Å²) in [6, 6.07) is 5.96. The Balaban J connectivity index is 1.61. The largest absolute Gasteiger partial charge is 0.444 e. The number of aromatic nitrogens is 2. The fourth-order valence-corrected chi connectivity index (χ4v) is 2.44. The van der Waals surface area contributed by atoms with Gasteiger partial charge in [0.05, 0.1) is 5.69 Å². The van der Waals surface area contributed by atoms with Crippen molar-refractivity contribution in [2.45, 2.75) is 39.2 Å². The minimum absolute atomic E-state index is 0.391. The lowest BCUT2D eigenvalue weighted by atomic mass is 10.2. The number of alkyl carbamates (subject to hydrolysis) is 1. The van der Waals surface area contributed by atoms with Gasteiger partial charge >= 0.3 is 6.09 Å². The van der Waals surface area contributed by atoms with Gasteiger partial charge in [-0.15, -0.1) is 0 Å². The number of hydrogen-bond donors (Lipinski definition) is 3. The number of amides is 1. The van der Waals surface area contributed by atoms with Gasteiger partial charge in [-0.3, -0.25) is 4.99 Å². The third-order valence-corrected chi connectivity index (χ3v) is 3.63. The molecule has 8 nitrogen and oxygen atoms in total. The molecule has 0 spiro atoms. The Kier molecular flexibility index (Phi) is 7.45. The van der Waals surface area contributed by atoms with Gasteiger partial charge < -0.3 is 25.1 Å². The molecule has 0 radical (unpaired) electrons. The number of carbonyl (C=O) groups excluding carboxylic acids is 1. The summed E-state index contributed by atoms with van der Waals surface area (Å²) in [5.41, 5.74) is 1.51. The van der Waals surface area contributed by atoms with E-state index < -0.39 is 11.7 Å². The molecule has 2 rings (SSSR count). The van der Waals surface area contributed by atoms with Crippen LogP contribution in [0.25, 0.3) is 5.65 Å². The van der Waals surface area contributed by atoms with Gasteiger partial charge in [0.15, 0.2) is 5.96 Å². The first-order valence-corrected chi connectivity index (χ1v) is 9.21. The highest BCUT2D eigenvalue weighted by Gasteiger charge is 2.15. The average molecular weight is 374 g/mol. The first-order chi connectivity index (χ1) is 12.9. The maximum atomic E-state index is 11.6. The van der Waals surface area contributed by atoms with Crippen LogP contribution in [0.1, 0.15) is 32.9 Å². The second kappa shape index (κ2) is 9.80. The van der Waals surface area contributed by atoms with Gasteiger partial charge in [-0.05, 0) is 39.3 Å². The van der Waals surface area contributed by atoms with Gasteiger partial charge in [0, 0.05) is 45.5 Å². The first-order valence-electron chi connectivity index (χ1n) is 9.21. The number of carbonyl (C=O) groups is 1. The van der Waals surface area contributed by atoms with Gasteiger partial charge in [0.1, 0.15) is 11.2 Å². The Morgan fingerprint density at radius 2 is 1.93 bits per heavy atom. The van der Waals surface area contributed by atoms with Crippen LogP contribution in [0.2, 0.25) is 0 Å². The zero-order chi connectivity index (χ0) is 19.7. The molecule has 2 heterocycles. The Morgan fingerprint density at radius 3 is 2.63 bits per heavy atom. The van der Waals surface area contributed by atoms with Crippen molar-refractivity contribution in [1.82, 2.24) is 25.3 Å². The third kappa shape index (κ3) is 7.55. The number of fused-ring (bicyclic) bond motifs is 1. The van der Waals surface area contributed by atoms with Gasteiger partial charge in [-0.1, -0.05) is 6.07 Å². The molecule has 2 aromatic heterocycles. The molecule has 3 N–H and O–H groups in total. The zero-order valence-electron chi connectivity index (χ0n) is 16.6. The third-order valence-electron chi connectivity index (χ3n) is 3.63. The SMILES string of the molecule is CN=C(NCCCNC(=O)OC(C)(C)C)NCCc1cn2ccccc2n1. The zero-order valence-corrected chi connectivity index (χ0v) is 16.6. The molecular formula is C19H30N6O2. The van der Waals surface area contributed by atoms with Crippen LogP contribution in [-0.2, 0) is 11.2 Å². The standard InChI is InChI=1S/C19H30N6O2/c1-19(2,3)27-18(26)23-11-7-10-21-17(20-4)22-12-9-15-14-25-13-6-5-8-16(25)24-15/h5-6,8,13-14H,7,9-12H2,1-4H3,(H,23,26)(H2,20,21,22). The van der Waals surface area contributed by atoms with E-state index in [1.807, 2.05) is 55.8 Å². The normalized spacial score (nSPS) is 12.1. The number of hydrogen-bond acceptors (Lipinski definition) is 4. The van der Waals surface area contributed by atoms with E-state index in [1.54, 1.807) is 7.05 Å². The topological polar surface area (TPSA) is 92.0 Å². The summed E-state index contributed by atoms with van der Waals surface area (Å²) >= 11 is 0. The minimum Gasteiger partial charge on any atom is -0.444 e. The van der Waals surface area contributed by atoms with E-state index in [0.29, 0.717) is 13.1 Å². The number of nitrogens with one attached hydrogen (secondary N) is 3. The number of ether oxygens (including phenoxy) is 1. The fraction of sp³-hybridized carbons (Fsp3) is 0.526. The predicted octanol–water partition coefficient (Wildman–Crippen LogP) is 1.96. The van der Waals surface area contributed by atoms with E-state index in [1.165, 1.54) is 0 Å². The van der Waals surface area contributed by atoms with Gasteiger partial charge in [-0.2, -0.15) is 0 Å². The molecule has 148 valence electrons. The lowest BCUT2D eigenvalue weighted by molar-refractivity contribution is 0.0527. The molecular weight excluding hydrogens is 344 g/mol. The first kappa shape index (κ1) is 20.5. The number of imidazole rings is 1. The van der Waals surface area contributed by atoms with Gasteiger partial charge in [0.2, 0.25) is 0 Å². The number of rotatable bonds is 7. The van der Waals surface area contributed by atoms with Crippen molar-refractivity contribution < 1.29 is 9.53 Å². The number of nitrogens with zero attached hydrogens (tertiary/aromatic N) is 3. The minimum atomic E-state index is -0.477. The molecule has 0 bridgehead atoms. The summed E-state index contributed by atoms with van der Waals surface area (Å²) in [4.78, 5) is 20.3. The highest BCUT2D eigenvalue weighted by molar-refractivity contribution is 5.79. The quantitative estimate of drug-likeness (QED) is 0.391. The van der Waals surface area contributed by atoms with Crippen molar-refractivity contribution in [1.29, 1.82) is 0 Å². The summed E-state index contributed by atoms with van der Waals surface area (Å²) in [6.07, 6.45) is 5.22. The van der Waals surface area contributed by atoms with E-state index in [-0.39, 0.29) is 0 Å². The molecule has 0 fully saturated rings. The van der Waals surface area contributed by atoms with Crippen molar-refractivity contribution >= 4 is 17.7 Å². The summed E-state index contributed by atoms with van der Waals surface area (Å²) in [6.45, 7) is 7.51. The van der Waals surface area contributed by atoms with E-state index >= 15 is 0 Å². The lowest BCUT2D eigenvalue weighted by Crippen LogP contribution is -2.40. The van der Waals surface area contributed by atoms with Crippen LogP contribution in [0.15, 0.2) is 35.6 Å². The second-order valence-electron chi connectivity index (χ2n) is 7.16. The number of aliphatic imine (C=N–C) groups is 1. The summed E-state index contributed by atoms with van der Waals surface area (Å²) in [5, 5.41) is 9.23. The fourth-order valence-electron chi connectivity index (χ4n) is 2.44. The number of guanidine groups is 1. The van der Waals surface area contributed by atoms with Crippen LogP contribution in [0.3, 0.4) is 0 Å². The van der Waals surface area contributed by atoms with Crippen molar-refractivity contribution in [3.8, 4) is 0 Å². The van der Waals surface area contributed by atoms with Crippen molar-refractivity contribution in [3.05, 3.63) is 36.3 Å². The van der Waals surface area contributed by atoms with Crippen LogP contribution in [0.5, 0.6) is 0 Å². The Hall–Kier alpha value is -2.77. The molecule has 1 amide bonds. The van der Waals surface area contributed by atoms with Gasteiger partial charge in [0.25, 0.3) is 0 Å². The summed E-state index contributed by atoms with van der Waals surface area (Å²) < 4.78 is 7.20. The lowest BCUT2D eigenvalue weighted by Gasteiger charge is -2.19. The van der Waals surface area contributed by atoms with E-state index in [0.717, 1.165) is 36.7 Å². The molecule has 0 saturated heterocycles. The number of pyridine rings is 1. The summed E-state index contributed by atoms with van der Waals surface area (Å²) in [7, 11) is 1.74. The Labute approximate surface area is 160 Å². The molecule has 0 saturated carbocycles. The van der Waals surface area contributed by atoms with Crippen LogP contribution < -0.4 is 16.0 Å². The van der Waals surface area contributed by atoms with Gasteiger partial charge in [-0.25, -0.2) is 9.78 Å². The molecule has 27 heavy (non-hydrogen) atoms. The smallest absolute Gasteiger partial charge is 0.407 e. The van der Waals surface area contributed by atoms with Crippen LogP contribution in [0, 0.1) is 0 Å². The molecule has 0 atom stereocenters. The highest BCUT2D eigenvalue weighted by Crippen LogP contribution is 2.06. The molecule has 0 aliphatic heterocycles. The molecule has 2 aromatic rings. The van der Waals surface area contributed by atoms with Crippen LogP contribution >= 0.6 is 0 Å². The molecule has 0 aliphatic carbocycles. The Bertz CT molecular complexity index is 730. The molecule has 0 aromatic carbocycles. The van der Waals surface area contributed by atoms with Crippen molar-refractivity contribution in [2.24, 2.45) is 4.99 Å². The highest BCUT2D eigenvalue weighted by atomic mass is 16.6. The predicted molar refractivity (Wildman–Crippen MR) is 107 cm³/mol. The van der Waals surface area contributed by atoms with E-state index in [9.17, 15) is 4.79 Å². The maximum absolute atomic E-state index is 11.6. The molecule has 0 aliphatic rings. The van der Waals surface area contributed by atoms with Crippen molar-refractivity contribution in [2.75, 3.05) is 26.7 Å². The van der Waals surface area contributed by atoms with Crippen LogP contribution in [-0.4, -0.2) is 53.7 Å². The van der Waals surface area contributed by atoms with Crippen molar-refractivity contribution in [3.63, 3.8) is 0 Å². The second-order valence-corrected chi connectivity index (χ2v) is 7.16. The van der Waals surface area contributed by atoms with E-state index in [4.69, 9.17) is 4.74 Å². The average Bonchev–Trinajstić information content (AvgIpc) is 3.01. The van der Waals surface area contributed by atoms with Crippen LogP contribution in [0.4, 0.5) is 4.79 Å².